The van der Waals surface area contributed by atoms with Crippen molar-refractivity contribution in [1.82, 2.24) is 0 Å². The van der Waals surface area contributed by atoms with Crippen LogP contribution in [0.15, 0.2) is 0 Å². The van der Waals surface area contributed by atoms with E-state index in [4.69, 9.17) is 0 Å². The average molecular weight is 250 g/mol. The predicted octanol–water partition coefficient (Wildman–Crippen LogP) is -0.720. The fraction of sp³-hybridized carbons (Fsp3) is 0. The minimum Gasteiger partial charge on any atom is -2.00 e. The summed E-state index contributed by atoms with van der Waals surface area (Å²) in [5, 5.41) is 0. The van der Waals surface area contributed by atoms with E-state index in [2.05, 4.69) is 0 Å². The Balaban J connectivity index is 0. The zero-order valence-corrected chi connectivity index (χ0v) is 7.82. The molecule has 0 saturated carbocycles. The van der Waals surface area contributed by atoms with Gasteiger partial charge in [-0.1, -0.05) is 0 Å². The summed E-state index contributed by atoms with van der Waals surface area (Å²) in [5.41, 5.74) is 0. The van der Waals surface area contributed by atoms with Crippen molar-refractivity contribution < 1.29 is 87.3 Å². The Morgan fingerprint density at radius 1 is 0.333 bits per heavy atom. The Morgan fingerprint density at radius 2 is 0.333 bits per heavy atom. The van der Waals surface area contributed by atoms with E-state index in [1.807, 2.05) is 0 Å². The quantitative estimate of drug-likeness (QED) is 0.528. The Hall–Kier alpha value is 1.46. The molecule has 0 saturated heterocycles. The van der Waals surface area contributed by atoms with Crippen LogP contribution in [-0.4, -0.2) is 0 Å². The SMILES string of the molecule is [Cr+3].[O-2].[O-2].[O-2].[O-2].[O-2].[O-2].[V].[V]. The van der Waals surface area contributed by atoms with E-state index in [-0.39, 0.29) is 87.3 Å². The second kappa shape index (κ2) is 317. The molecule has 6 nitrogen and oxygen atoms in total. The van der Waals surface area contributed by atoms with Crippen molar-refractivity contribution in [2.45, 2.75) is 0 Å². The van der Waals surface area contributed by atoms with E-state index >= 15 is 0 Å². The molecule has 0 amide bonds. The minimum atomic E-state index is 0. The van der Waals surface area contributed by atoms with Crippen LogP contribution in [0.25, 0.3) is 0 Å². The Bertz CT molecular complexity index is 11.0. The maximum Gasteiger partial charge on any atom is 3.00 e. The molecule has 0 aromatic rings. The first-order valence-electron chi connectivity index (χ1n) is 0. The maximum atomic E-state index is 0. The van der Waals surface area contributed by atoms with Crippen LogP contribution in [0.1, 0.15) is 0 Å². The van der Waals surface area contributed by atoms with Crippen molar-refractivity contribution in [2.75, 3.05) is 0 Å². The standard InChI is InChI=1S/Cr.6O.2V/q+3;6*-2;;. The molecule has 0 aromatic carbocycles. The molecule has 3 radical (unpaired) electrons. The molecule has 0 unspecified atom stereocenters. The maximum absolute atomic E-state index is 0. The van der Waals surface area contributed by atoms with Crippen molar-refractivity contribution in [3.8, 4) is 0 Å². The molecule has 0 atom stereocenters. The molecule has 0 aromatic heterocycles. The van der Waals surface area contributed by atoms with Gasteiger partial charge in [-0.25, -0.2) is 0 Å². The molecule has 0 rings (SSSR count). The molecule has 61 valence electrons. The molecule has 0 bridgehead atoms. The zero-order valence-electron chi connectivity index (χ0n) is 3.75. The molecular weight excluding hydrogens is 250 g/mol. The Kier molecular flexibility index (Phi) is 15500. The topological polar surface area (TPSA) is 171 Å². The van der Waals surface area contributed by atoms with Crippen LogP contribution < -0.4 is 0 Å². The molecule has 0 fully saturated rings. The van der Waals surface area contributed by atoms with Crippen LogP contribution in [0.4, 0.5) is 0 Å². The van der Waals surface area contributed by atoms with E-state index in [0.29, 0.717) is 0 Å². The van der Waals surface area contributed by atoms with Gasteiger partial charge in [-0.15, -0.1) is 0 Å². The van der Waals surface area contributed by atoms with Crippen LogP contribution in [-0.2, 0) is 87.3 Å². The van der Waals surface area contributed by atoms with Crippen molar-refractivity contribution in [2.24, 2.45) is 0 Å². The Labute approximate surface area is 87.1 Å². The molecule has 9 heteroatoms. The van der Waals surface area contributed by atoms with Gasteiger partial charge in [-0.3, -0.25) is 0 Å². The minimum absolute atomic E-state index is 0. The third-order valence-corrected chi connectivity index (χ3v) is 0. The van der Waals surface area contributed by atoms with Gasteiger partial charge >= 0.3 is 17.4 Å². The summed E-state index contributed by atoms with van der Waals surface area (Å²) in [6.45, 7) is 0. The monoisotopic (exact) mass is 250 g/mol. The van der Waals surface area contributed by atoms with Crippen molar-refractivity contribution in [3.05, 3.63) is 0 Å². The predicted molar refractivity (Wildman–Crippen MR) is 4.12 cm³/mol. The molecule has 0 aliphatic heterocycles. The smallest absolute Gasteiger partial charge is 2.00 e. The third kappa shape index (κ3) is 247. The first-order chi connectivity index (χ1) is 0. The van der Waals surface area contributed by atoms with Gasteiger partial charge in [0, 0.05) is 37.1 Å². The van der Waals surface area contributed by atoms with E-state index in [0.717, 1.165) is 0 Å². The first-order valence-corrected chi connectivity index (χ1v) is 0. The van der Waals surface area contributed by atoms with E-state index < -0.39 is 0 Å². The van der Waals surface area contributed by atoms with Gasteiger partial charge in [0.25, 0.3) is 0 Å². The molecule has 0 spiro atoms. The van der Waals surface area contributed by atoms with Crippen LogP contribution >= 0.6 is 0 Å². The van der Waals surface area contributed by atoms with Crippen molar-refractivity contribution in [1.29, 1.82) is 0 Å². The normalized spacial score (nSPS) is 0. The molecule has 0 N–H and O–H groups in total. The molecule has 9 heavy (non-hydrogen) atoms. The average Bonchev–Trinajstić information content (AvgIpc) is 0. The molecule has 0 aliphatic rings. The van der Waals surface area contributed by atoms with Crippen LogP contribution in [0.3, 0.4) is 0 Å². The fourth-order valence-corrected chi connectivity index (χ4v) is 0. The number of hydrogen-bond acceptors (Lipinski definition) is 0. The van der Waals surface area contributed by atoms with E-state index in [1.165, 1.54) is 0 Å². The van der Waals surface area contributed by atoms with Gasteiger partial charge in [0.15, 0.2) is 0 Å². The summed E-state index contributed by atoms with van der Waals surface area (Å²) >= 11 is 0. The van der Waals surface area contributed by atoms with Gasteiger partial charge in [-0.05, 0) is 0 Å². The summed E-state index contributed by atoms with van der Waals surface area (Å²) in [7, 11) is 0. The van der Waals surface area contributed by atoms with Crippen molar-refractivity contribution in [3.63, 3.8) is 0 Å². The van der Waals surface area contributed by atoms with Crippen molar-refractivity contribution >= 4 is 0 Å². The third-order valence-electron chi connectivity index (χ3n) is 0. The second-order valence-electron chi connectivity index (χ2n) is 0. The second-order valence-corrected chi connectivity index (χ2v) is 0. The first kappa shape index (κ1) is 439. The zero-order chi connectivity index (χ0) is 0. The van der Waals surface area contributed by atoms with Gasteiger partial charge in [0.1, 0.15) is 0 Å². The molecule has 0 aliphatic carbocycles. The number of hydrogen-bond donors (Lipinski definition) is 0. The summed E-state index contributed by atoms with van der Waals surface area (Å²) in [6.07, 6.45) is 0. The van der Waals surface area contributed by atoms with Crippen LogP contribution in [0.2, 0.25) is 0 Å². The molecule has 0 heterocycles. The van der Waals surface area contributed by atoms with E-state index in [1.54, 1.807) is 0 Å². The van der Waals surface area contributed by atoms with Gasteiger partial charge < -0.3 is 32.9 Å². The van der Waals surface area contributed by atoms with Crippen LogP contribution in [0, 0.1) is 0 Å². The number of rotatable bonds is 0. The summed E-state index contributed by atoms with van der Waals surface area (Å²) in [4.78, 5) is 0. The van der Waals surface area contributed by atoms with Gasteiger partial charge in [0.2, 0.25) is 0 Å². The summed E-state index contributed by atoms with van der Waals surface area (Å²) in [5.74, 6) is 0. The van der Waals surface area contributed by atoms with E-state index in [9.17, 15) is 0 Å². The molecular formula is CrO6V2-9. The summed E-state index contributed by atoms with van der Waals surface area (Å²) < 4.78 is 0. The van der Waals surface area contributed by atoms with Gasteiger partial charge in [-0.2, -0.15) is 0 Å². The Morgan fingerprint density at radius 3 is 0.333 bits per heavy atom. The largest absolute Gasteiger partial charge is 3.00 e. The van der Waals surface area contributed by atoms with Crippen LogP contribution in [0.5, 0.6) is 0 Å². The fourth-order valence-electron chi connectivity index (χ4n) is 0. The summed E-state index contributed by atoms with van der Waals surface area (Å²) in [6, 6.07) is 0. The van der Waals surface area contributed by atoms with Gasteiger partial charge in [0.05, 0.1) is 0 Å².